The summed E-state index contributed by atoms with van der Waals surface area (Å²) in [5.74, 6) is -0.0912. The van der Waals surface area contributed by atoms with E-state index in [1.165, 1.54) is 4.90 Å². The Morgan fingerprint density at radius 1 is 1.07 bits per heavy atom. The Labute approximate surface area is 92.2 Å². The van der Waals surface area contributed by atoms with Gasteiger partial charge in [0.1, 0.15) is 6.04 Å². The minimum atomic E-state index is -0.384. The molecule has 2 amide bonds. The van der Waals surface area contributed by atoms with Crippen molar-refractivity contribution in [1.29, 1.82) is 0 Å². The van der Waals surface area contributed by atoms with Gasteiger partial charge in [-0.3, -0.25) is 9.59 Å². The van der Waals surface area contributed by atoms with Gasteiger partial charge in [0.2, 0.25) is 11.8 Å². The Bertz CT molecular complexity index is 239. The fourth-order valence-electron chi connectivity index (χ4n) is 1.24. The van der Waals surface area contributed by atoms with Crippen molar-refractivity contribution in [2.45, 2.75) is 33.7 Å². The van der Waals surface area contributed by atoms with Gasteiger partial charge in [-0.15, -0.1) is 0 Å². The summed E-state index contributed by atoms with van der Waals surface area (Å²) in [5.41, 5.74) is 0. The van der Waals surface area contributed by atoms with Crippen molar-refractivity contribution in [1.82, 2.24) is 9.80 Å². The maximum absolute atomic E-state index is 11.8. The van der Waals surface area contributed by atoms with Crippen molar-refractivity contribution in [2.75, 3.05) is 20.6 Å². The molecule has 0 heterocycles. The predicted molar refractivity (Wildman–Crippen MR) is 60.4 cm³/mol. The predicted octanol–water partition coefficient (Wildman–Crippen LogP) is 0.968. The van der Waals surface area contributed by atoms with Crippen molar-refractivity contribution >= 4 is 11.8 Å². The molecular weight excluding hydrogens is 192 g/mol. The maximum Gasteiger partial charge on any atom is 0.244 e. The molecule has 0 bridgehead atoms. The van der Waals surface area contributed by atoms with Gasteiger partial charge in [-0.1, -0.05) is 13.8 Å². The van der Waals surface area contributed by atoms with Gasteiger partial charge in [-0.2, -0.15) is 0 Å². The molecule has 88 valence electrons. The van der Waals surface area contributed by atoms with E-state index in [-0.39, 0.29) is 23.8 Å². The molecule has 1 unspecified atom stereocenters. The van der Waals surface area contributed by atoms with Crippen LogP contribution >= 0.6 is 0 Å². The number of carbonyl (C=O) groups excluding carboxylic acids is 2. The van der Waals surface area contributed by atoms with Gasteiger partial charge in [0, 0.05) is 26.6 Å². The summed E-state index contributed by atoms with van der Waals surface area (Å²) in [5, 5.41) is 0. The number of rotatable bonds is 4. The molecule has 0 N–H and O–H groups in total. The highest BCUT2D eigenvalue weighted by Crippen LogP contribution is 2.06. The lowest BCUT2D eigenvalue weighted by molar-refractivity contribution is -0.144. The normalized spacial score (nSPS) is 12.5. The molecule has 0 aliphatic carbocycles. The number of hydrogen-bond donors (Lipinski definition) is 0. The van der Waals surface area contributed by atoms with E-state index in [4.69, 9.17) is 0 Å². The SMILES string of the molecule is CCN(C)C(=O)C(C)N(C)C(=O)C(C)C. The molecule has 0 saturated heterocycles. The molecule has 0 aromatic rings. The molecule has 1 atom stereocenters. The topological polar surface area (TPSA) is 40.6 Å². The number of amides is 2. The molecule has 4 heteroatoms. The van der Waals surface area contributed by atoms with Crippen LogP contribution in [0.3, 0.4) is 0 Å². The van der Waals surface area contributed by atoms with Crippen LogP contribution in [0.2, 0.25) is 0 Å². The Kier molecular flexibility index (Phi) is 5.33. The Morgan fingerprint density at radius 3 is 1.87 bits per heavy atom. The first-order chi connectivity index (χ1) is 6.82. The molecular formula is C11H22N2O2. The van der Waals surface area contributed by atoms with Crippen LogP contribution < -0.4 is 0 Å². The zero-order valence-corrected chi connectivity index (χ0v) is 10.6. The van der Waals surface area contributed by atoms with Crippen LogP contribution in [0.1, 0.15) is 27.7 Å². The first-order valence-corrected chi connectivity index (χ1v) is 5.34. The monoisotopic (exact) mass is 214 g/mol. The summed E-state index contributed by atoms with van der Waals surface area (Å²) in [7, 11) is 3.42. The van der Waals surface area contributed by atoms with E-state index in [1.807, 2.05) is 20.8 Å². The highest BCUT2D eigenvalue weighted by molar-refractivity contribution is 5.87. The van der Waals surface area contributed by atoms with E-state index >= 15 is 0 Å². The summed E-state index contributed by atoms with van der Waals surface area (Å²) in [6.45, 7) is 8.00. The molecule has 0 spiro atoms. The van der Waals surface area contributed by atoms with E-state index in [1.54, 1.807) is 25.9 Å². The first kappa shape index (κ1) is 13.9. The maximum atomic E-state index is 11.8. The number of carbonyl (C=O) groups is 2. The van der Waals surface area contributed by atoms with Crippen LogP contribution in [0.15, 0.2) is 0 Å². The van der Waals surface area contributed by atoms with Crippen molar-refractivity contribution in [3.05, 3.63) is 0 Å². The number of hydrogen-bond acceptors (Lipinski definition) is 2. The lowest BCUT2D eigenvalue weighted by Gasteiger charge is -2.28. The number of nitrogens with zero attached hydrogens (tertiary/aromatic N) is 2. The Balaban J connectivity index is 4.50. The summed E-state index contributed by atoms with van der Waals surface area (Å²) in [4.78, 5) is 26.6. The first-order valence-electron chi connectivity index (χ1n) is 5.34. The molecule has 0 fully saturated rings. The van der Waals surface area contributed by atoms with Crippen LogP contribution in [0, 0.1) is 5.92 Å². The largest absolute Gasteiger partial charge is 0.344 e. The lowest BCUT2D eigenvalue weighted by Crippen LogP contribution is -2.47. The fourth-order valence-corrected chi connectivity index (χ4v) is 1.24. The second-order valence-corrected chi connectivity index (χ2v) is 4.13. The molecule has 0 rings (SSSR count). The van der Waals surface area contributed by atoms with Gasteiger partial charge in [0.15, 0.2) is 0 Å². The Hall–Kier alpha value is -1.06. The molecule has 0 aliphatic rings. The van der Waals surface area contributed by atoms with Crippen molar-refractivity contribution in [3.63, 3.8) is 0 Å². The van der Waals surface area contributed by atoms with Gasteiger partial charge < -0.3 is 9.80 Å². The van der Waals surface area contributed by atoms with Crippen LogP contribution in [0.5, 0.6) is 0 Å². The highest BCUT2D eigenvalue weighted by atomic mass is 16.2. The van der Waals surface area contributed by atoms with Crippen molar-refractivity contribution in [2.24, 2.45) is 5.92 Å². The molecule has 4 nitrogen and oxygen atoms in total. The average Bonchev–Trinajstić information content (AvgIpc) is 2.23. The smallest absolute Gasteiger partial charge is 0.244 e. The third-order valence-corrected chi connectivity index (χ3v) is 2.63. The summed E-state index contributed by atoms with van der Waals surface area (Å²) in [6.07, 6.45) is 0. The molecule has 0 radical (unpaired) electrons. The molecule has 0 aliphatic heterocycles. The van der Waals surface area contributed by atoms with Crippen LogP contribution in [0.4, 0.5) is 0 Å². The van der Waals surface area contributed by atoms with E-state index < -0.39 is 0 Å². The third kappa shape index (κ3) is 3.53. The lowest BCUT2D eigenvalue weighted by atomic mass is 10.1. The van der Waals surface area contributed by atoms with Crippen molar-refractivity contribution < 1.29 is 9.59 Å². The van der Waals surface area contributed by atoms with Gasteiger partial charge in [0.05, 0.1) is 0 Å². The average molecular weight is 214 g/mol. The summed E-state index contributed by atoms with van der Waals surface area (Å²) in [6, 6.07) is -0.384. The van der Waals surface area contributed by atoms with E-state index in [0.717, 1.165) is 0 Å². The zero-order chi connectivity index (χ0) is 12.2. The van der Waals surface area contributed by atoms with Gasteiger partial charge in [-0.05, 0) is 13.8 Å². The summed E-state index contributed by atoms with van der Waals surface area (Å²) >= 11 is 0. The molecule has 15 heavy (non-hydrogen) atoms. The van der Waals surface area contributed by atoms with E-state index in [2.05, 4.69) is 0 Å². The second-order valence-electron chi connectivity index (χ2n) is 4.13. The second kappa shape index (κ2) is 5.73. The van der Waals surface area contributed by atoms with E-state index in [9.17, 15) is 9.59 Å². The van der Waals surface area contributed by atoms with Gasteiger partial charge in [-0.25, -0.2) is 0 Å². The minimum absolute atomic E-state index is 0.000327. The highest BCUT2D eigenvalue weighted by Gasteiger charge is 2.25. The van der Waals surface area contributed by atoms with Crippen LogP contribution in [0.25, 0.3) is 0 Å². The standard InChI is InChI=1S/C11H22N2O2/c1-7-12(5)11(15)9(4)13(6)10(14)8(2)3/h8-9H,7H2,1-6H3. The van der Waals surface area contributed by atoms with Gasteiger partial charge >= 0.3 is 0 Å². The van der Waals surface area contributed by atoms with Crippen LogP contribution in [-0.2, 0) is 9.59 Å². The fraction of sp³-hybridized carbons (Fsp3) is 0.818. The zero-order valence-electron chi connectivity index (χ0n) is 10.6. The minimum Gasteiger partial charge on any atom is -0.344 e. The Morgan fingerprint density at radius 2 is 1.53 bits per heavy atom. The van der Waals surface area contributed by atoms with Gasteiger partial charge in [0.25, 0.3) is 0 Å². The van der Waals surface area contributed by atoms with E-state index in [0.29, 0.717) is 6.54 Å². The third-order valence-electron chi connectivity index (χ3n) is 2.63. The molecule has 0 saturated carbocycles. The summed E-state index contributed by atoms with van der Waals surface area (Å²) < 4.78 is 0. The van der Waals surface area contributed by atoms with Crippen LogP contribution in [-0.4, -0.2) is 48.3 Å². The number of likely N-dealkylation sites (N-methyl/N-ethyl adjacent to an activating group) is 2. The molecule has 0 aromatic heterocycles. The van der Waals surface area contributed by atoms with Crippen molar-refractivity contribution in [3.8, 4) is 0 Å². The molecule has 0 aromatic carbocycles. The quantitative estimate of drug-likeness (QED) is 0.699.